The van der Waals surface area contributed by atoms with Gasteiger partial charge in [-0.15, -0.1) is 0 Å². The lowest BCUT2D eigenvalue weighted by molar-refractivity contribution is -0.148. The van der Waals surface area contributed by atoms with E-state index in [4.69, 9.17) is 9.84 Å². The molecule has 1 fully saturated rings. The van der Waals surface area contributed by atoms with E-state index in [1.165, 1.54) is 7.11 Å². The summed E-state index contributed by atoms with van der Waals surface area (Å²) in [6, 6.07) is -0.0701. The maximum absolute atomic E-state index is 11.7. The number of amides is 1. The van der Waals surface area contributed by atoms with Crippen molar-refractivity contribution < 1.29 is 19.4 Å². The summed E-state index contributed by atoms with van der Waals surface area (Å²) in [4.78, 5) is 25.4. The number of esters is 1. The number of rotatable bonds is 5. The van der Waals surface area contributed by atoms with Gasteiger partial charge in [0.2, 0.25) is 5.91 Å². The molecule has 2 N–H and O–H groups in total. The monoisotopic (exact) mass is 272 g/mol. The van der Waals surface area contributed by atoms with E-state index in [9.17, 15) is 9.59 Å². The number of carbonyl (C=O) groups is 2. The fourth-order valence-electron chi connectivity index (χ4n) is 2.32. The van der Waals surface area contributed by atoms with Crippen molar-refractivity contribution in [3.05, 3.63) is 0 Å². The molecule has 6 heteroatoms. The molecule has 0 spiro atoms. The number of hydrogen-bond donors (Lipinski definition) is 2. The number of nitrogens with zero attached hydrogens (tertiary/aromatic N) is 1. The van der Waals surface area contributed by atoms with Crippen molar-refractivity contribution in [2.45, 2.75) is 26.3 Å². The summed E-state index contributed by atoms with van der Waals surface area (Å²) in [5, 5.41) is 12.0. The van der Waals surface area contributed by atoms with Gasteiger partial charge in [-0.2, -0.15) is 0 Å². The Morgan fingerprint density at radius 1 is 1.42 bits per heavy atom. The molecule has 110 valence electrons. The van der Waals surface area contributed by atoms with Crippen LogP contribution >= 0.6 is 0 Å². The van der Waals surface area contributed by atoms with Crippen molar-refractivity contribution in [1.29, 1.82) is 0 Å². The second-order valence-corrected chi connectivity index (χ2v) is 5.30. The van der Waals surface area contributed by atoms with E-state index in [-0.39, 0.29) is 36.4 Å². The first kappa shape index (κ1) is 15.9. The molecule has 1 saturated heterocycles. The Morgan fingerprint density at radius 2 is 2.11 bits per heavy atom. The average molecular weight is 272 g/mol. The zero-order chi connectivity index (χ0) is 14.4. The van der Waals surface area contributed by atoms with Gasteiger partial charge < -0.3 is 15.2 Å². The highest BCUT2D eigenvalue weighted by molar-refractivity contribution is 5.78. The van der Waals surface area contributed by atoms with Crippen LogP contribution in [0, 0.1) is 11.8 Å². The number of carbonyl (C=O) groups excluding carboxylic acids is 2. The van der Waals surface area contributed by atoms with Gasteiger partial charge in [0.1, 0.15) is 0 Å². The summed E-state index contributed by atoms with van der Waals surface area (Å²) in [5.74, 6) is -0.599. The van der Waals surface area contributed by atoms with Gasteiger partial charge >= 0.3 is 5.97 Å². The molecule has 1 aliphatic rings. The zero-order valence-corrected chi connectivity index (χ0v) is 11.9. The van der Waals surface area contributed by atoms with Crippen LogP contribution in [0.15, 0.2) is 0 Å². The predicted octanol–water partition coefficient (Wildman–Crippen LogP) is -0.386. The molecule has 6 nitrogen and oxygen atoms in total. The number of piperidine rings is 1. The molecule has 1 rings (SSSR count). The van der Waals surface area contributed by atoms with Gasteiger partial charge in [-0.25, -0.2) is 0 Å². The van der Waals surface area contributed by atoms with Gasteiger partial charge in [0, 0.05) is 31.6 Å². The SMILES string of the molecule is COC(=O)C1CC(NC(=O)C(C)C)CN(CCO)C1. The number of aliphatic hydroxyl groups is 1. The summed E-state index contributed by atoms with van der Waals surface area (Å²) in [5.41, 5.74) is 0. The number of nitrogens with one attached hydrogen (secondary N) is 1. The Kier molecular flexibility index (Phi) is 6.24. The summed E-state index contributed by atoms with van der Waals surface area (Å²) in [6.07, 6.45) is 0.590. The van der Waals surface area contributed by atoms with Crippen LogP contribution in [0.4, 0.5) is 0 Å². The predicted molar refractivity (Wildman–Crippen MR) is 70.4 cm³/mol. The third kappa shape index (κ3) is 4.80. The lowest BCUT2D eigenvalue weighted by atomic mass is 9.93. The van der Waals surface area contributed by atoms with Gasteiger partial charge in [-0.3, -0.25) is 14.5 Å². The van der Waals surface area contributed by atoms with Gasteiger partial charge in [0.05, 0.1) is 19.6 Å². The van der Waals surface area contributed by atoms with E-state index in [0.717, 1.165) is 0 Å². The highest BCUT2D eigenvalue weighted by atomic mass is 16.5. The second-order valence-electron chi connectivity index (χ2n) is 5.30. The maximum atomic E-state index is 11.7. The Bertz CT molecular complexity index is 320. The molecule has 2 atom stereocenters. The lowest BCUT2D eigenvalue weighted by Gasteiger charge is -2.36. The van der Waals surface area contributed by atoms with Crippen molar-refractivity contribution in [2.24, 2.45) is 11.8 Å². The summed E-state index contributed by atoms with van der Waals surface area (Å²) >= 11 is 0. The van der Waals surface area contributed by atoms with Gasteiger partial charge in [0.15, 0.2) is 0 Å². The van der Waals surface area contributed by atoms with E-state index in [1.54, 1.807) is 0 Å². The molecule has 2 unspecified atom stereocenters. The van der Waals surface area contributed by atoms with Crippen molar-refractivity contribution in [3.63, 3.8) is 0 Å². The molecule has 1 aliphatic heterocycles. The van der Waals surface area contributed by atoms with E-state index >= 15 is 0 Å². The minimum atomic E-state index is -0.258. The average Bonchev–Trinajstić information content (AvgIpc) is 2.37. The van der Waals surface area contributed by atoms with Crippen LogP contribution in [-0.4, -0.2) is 61.3 Å². The number of methoxy groups -OCH3 is 1. The Balaban J connectivity index is 2.64. The molecule has 1 amide bonds. The number of β-amino-alcohol motifs (C(OH)–C–C–N with tert-alkyl or cyclic N) is 1. The molecular weight excluding hydrogens is 248 g/mol. The highest BCUT2D eigenvalue weighted by Gasteiger charge is 2.32. The number of ether oxygens (including phenoxy) is 1. The van der Waals surface area contributed by atoms with Crippen molar-refractivity contribution in [3.8, 4) is 0 Å². The number of aliphatic hydroxyl groups excluding tert-OH is 1. The van der Waals surface area contributed by atoms with E-state index < -0.39 is 0 Å². The molecule has 0 aromatic carbocycles. The first-order valence-electron chi connectivity index (χ1n) is 6.69. The number of likely N-dealkylation sites (tertiary alicyclic amines) is 1. The van der Waals surface area contributed by atoms with Crippen molar-refractivity contribution in [1.82, 2.24) is 10.2 Å². The van der Waals surface area contributed by atoms with Crippen LogP contribution in [0.2, 0.25) is 0 Å². The summed E-state index contributed by atoms with van der Waals surface area (Å²) in [7, 11) is 1.37. The molecule has 1 heterocycles. The van der Waals surface area contributed by atoms with Crippen LogP contribution in [0.5, 0.6) is 0 Å². The summed E-state index contributed by atoms with van der Waals surface area (Å²) in [6.45, 7) is 5.44. The Hall–Kier alpha value is -1.14. The standard InChI is InChI=1S/C13H24N2O4/c1-9(2)12(17)14-11-6-10(13(18)19-3)7-15(8-11)4-5-16/h9-11,16H,4-8H2,1-3H3,(H,14,17). The van der Waals surface area contributed by atoms with Crippen LogP contribution < -0.4 is 5.32 Å². The van der Waals surface area contributed by atoms with Gasteiger partial charge in [0.25, 0.3) is 0 Å². The maximum Gasteiger partial charge on any atom is 0.310 e. The minimum absolute atomic E-state index is 0.0144. The largest absolute Gasteiger partial charge is 0.469 e. The molecule has 0 saturated carbocycles. The first-order chi connectivity index (χ1) is 8.97. The third-order valence-corrected chi connectivity index (χ3v) is 3.35. The fraction of sp³-hybridized carbons (Fsp3) is 0.846. The summed E-state index contributed by atoms with van der Waals surface area (Å²) < 4.78 is 4.78. The van der Waals surface area contributed by atoms with Crippen LogP contribution in [0.25, 0.3) is 0 Å². The Morgan fingerprint density at radius 3 is 2.63 bits per heavy atom. The number of hydrogen-bond acceptors (Lipinski definition) is 5. The van der Waals surface area contributed by atoms with Crippen LogP contribution in [0.3, 0.4) is 0 Å². The quantitative estimate of drug-likeness (QED) is 0.667. The normalized spacial score (nSPS) is 24.3. The molecule has 0 aromatic rings. The Labute approximate surface area is 114 Å². The molecule has 0 aromatic heterocycles. The van der Waals surface area contributed by atoms with Crippen molar-refractivity contribution in [2.75, 3.05) is 33.4 Å². The first-order valence-corrected chi connectivity index (χ1v) is 6.69. The molecule has 0 radical (unpaired) electrons. The van der Waals surface area contributed by atoms with E-state index in [0.29, 0.717) is 26.1 Å². The zero-order valence-electron chi connectivity index (χ0n) is 11.9. The lowest BCUT2D eigenvalue weighted by Crippen LogP contribution is -2.53. The van der Waals surface area contributed by atoms with Crippen LogP contribution in [-0.2, 0) is 14.3 Å². The molecule has 0 bridgehead atoms. The van der Waals surface area contributed by atoms with Crippen LogP contribution in [0.1, 0.15) is 20.3 Å². The van der Waals surface area contributed by atoms with E-state index in [2.05, 4.69) is 5.32 Å². The van der Waals surface area contributed by atoms with Gasteiger partial charge in [-0.05, 0) is 6.42 Å². The molecule has 19 heavy (non-hydrogen) atoms. The minimum Gasteiger partial charge on any atom is -0.469 e. The second kappa shape index (κ2) is 7.45. The van der Waals surface area contributed by atoms with Gasteiger partial charge in [-0.1, -0.05) is 13.8 Å². The van der Waals surface area contributed by atoms with E-state index in [1.807, 2.05) is 18.7 Å². The third-order valence-electron chi connectivity index (χ3n) is 3.35. The molecular formula is C13H24N2O4. The fourth-order valence-corrected chi connectivity index (χ4v) is 2.32. The highest BCUT2D eigenvalue weighted by Crippen LogP contribution is 2.18. The topological polar surface area (TPSA) is 78.9 Å². The smallest absolute Gasteiger partial charge is 0.310 e. The molecule has 0 aliphatic carbocycles. The van der Waals surface area contributed by atoms with Crippen molar-refractivity contribution >= 4 is 11.9 Å².